The molecule has 0 radical (unpaired) electrons. The normalized spacial score (nSPS) is 16.4. The van der Waals surface area contributed by atoms with Crippen molar-refractivity contribution in [3.63, 3.8) is 0 Å². The molecule has 23 heavy (non-hydrogen) atoms. The number of imide groups is 1. The van der Waals surface area contributed by atoms with Gasteiger partial charge in [-0.1, -0.05) is 41.5 Å². The van der Waals surface area contributed by atoms with Crippen LogP contribution >= 0.6 is 0 Å². The molecule has 5 heteroatoms. The Bertz CT molecular complexity index is 782. The van der Waals surface area contributed by atoms with Crippen molar-refractivity contribution in [2.45, 2.75) is 12.8 Å². The molecule has 0 fully saturated rings. The molecular weight excluding hydrogens is 294 g/mol. The minimum atomic E-state index is -0.588. The van der Waals surface area contributed by atoms with Crippen molar-refractivity contribution in [1.29, 1.82) is 0 Å². The Hall–Kier alpha value is -2.95. The van der Waals surface area contributed by atoms with E-state index in [4.69, 9.17) is 4.84 Å². The van der Waals surface area contributed by atoms with Gasteiger partial charge in [0.25, 0.3) is 11.8 Å². The number of hydrogen-bond donors (Lipinski definition) is 0. The van der Waals surface area contributed by atoms with Gasteiger partial charge in [0.1, 0.15) is 0 Å². The zero-order chi connectivity index (χ0) is 16.0. The predicted octanol–water partition coefficient (Wildman–Crippen LogP) is 2.16. The van der Waals surface area contributed by atoms with Gasteiger partial charge in [0.2, 0.25) is 0 Å². The molecule has 2 amide bonds. The first-order valence-electron chi connectivity index (χ1n) is 7.41. The summed E-state index contributed by atoms with van der Waals surface area (Å²) in [4.78, 5) is 41.9. The molecule has 0 aromatic heterocycles. The predicted molar refractivity (Wildman–Crippen MR) is 80.4 cm³/mol. The highest BCUT2D eigenvalue weighted by atomic mass is 16.7. The van der Waals surface area contributed by atoms with Crippen molar-refractivity contribution in [2.24, 2.45) is 5.92 Å². The molecule has 0 unspecified atom stereocenters. The van der Waals surface area contributed by atoms with E-state index in [0.29, 0.717) is 17.9 Å². The monoisotopic (exact) mass is 307 g/mol. The molecule has 4 rings (SSSR count). The SMILES string of the molecule is O=C(ON1C(=O)c2ccccc2C1=O)C1Cc2ccccc2C1. The number of amides is 2. The van der Waals surface area contributed by atoms with E-state index < -0.39 is 17.8 Å². The number of hydroxylamine groups is 2. The standard InChI is InChI=1S/C18H13NO4/c20-16-14-7-3-4-8-15(14)17(21)19(16)23-18(22)13-9-11-5-1-2-6-12(11)10-13/h1-8,13H,9-10H2. The molecule has 1 aliphatic carbocycles. The fourth-order valence-corrected chi connectivity index (χ4v) is 3.14. The number of carbonyl (C=O) groups excluding carboxylic acids is 3. The minimum absolute atomic E-state index is 0.264. The van der Waals surface area contributed by atoms with Gasteiger partial charge in [0.15, 0.2) is 0 Å². The first-order valence-corrected chi connectivity index (χ1v) is 7.41. The van der Waals surface area contributed by atoms with Crippen LogP contribution in [0.1, 0.15) is 31.8 Å². The Kier molecular flexibility index (Phi) is 3.01. The summed E-state index contributed by atoms with van der Waals surface area (Å²) in [6.07, 6.45) is 1.14. The third-order valence-electron chi connectivity index (χ3n) is 4.32. The molecule has 0 N–H and O–H groups in total. The Balaban J connectivity index is 1.51. The molecule has 2 aromatic rings. The van der Waals surface area contributed by atoms with Crippen LogP contribution in [0.3, 0.4) is 0 Å². The van der Waals surface area contributed by atoms with Gasteiger partial charge >= 0.3 is 5.97 Å². The van der Waals surface area contributed by atoms with Gasteiger partial charge in [-0.2, -0.15) is 0 Å². The Morgan fingerprint density at radius 2 is 1.35 bits per heavy atom. The number of nitrogens with zero attached hydrogens (tertiary/aromatic N) is 1. The summed E-state index contributed by atoms with van der Waals surface area (Å²) in [5, 5.41) is 0.579. The third-order valence-corrected chi connectivity index (χ3v) is 4.32. The molecule has 0 bridgehead atoms. The van der Waals surface area contributed by atoms with Crippen molar-refractivity contribution in [2.75, 3.05) is 0 Å². The lowest BCUT2D eigenvalue weighted by molar-refractivity contribution is -0.173. The summed E-state index contributed by atoms with van der Waals surface area (Å²) in [6, 6.07) is 14.2. The number of hydrogen-bond acceptors (Lipinski definition) is 4. The van der Waals surface area contributed by atoms with E-state index in [9.17, 15) is 14.4 Å². The lowest BCUT2D eigenvalue weighted by atomic mass is 10.1. The van der Waals surface area contributed by atoms with Crippen LogP contribution < -0.4 is 0 Å². The number of rotatable bonds is 2. The van der Waals surface area contributed by atoms with E-state index in [1.54, 1.807) is 24.3 Å². The zero-order valence-electron chi connectivity index (χ0n) is 12.2. The van der Waals surface area contributed by atoms with Crippen molar-refractivity contribution in [3.8, 4) is 0 Å². The van der Waals surface area contributed by atoms with Gasteiger partial charge in [0.05, 0.1) is 17.0 Å². The lowest BCUT2D eigenvalue weighted by Gasteiger charge is -2.15. The smallest absolute Gasteiger partial charge is 0.329 e. The highest BCUT2D eigenvalue weighted by Gasteiger charge is 2.40. The van der Waals surface area contributed by atoms with Crippen molar-refractivity contribution < 1.29 is 19.2 Å². The van der Waals surface area contributed by atoms with Gasteiger partial charge in [-0.05, 0) is 36.1 Å². The average molecular weight is 307 g/mol. The highest BCUT2D eigenvalue weighted by Crippen LogP contribution is 2.29. The molecule has 114 valence electrons. The van der Waals surface area contributed by atoms with Crippen molar-refractivity contribution >= 4 is 17.8 Å². The summed E-state index contributed by atoms with van der Waals surface area (Å²) < 4.78 is 0. The highest BCUT2D eigenvalue weighted by molar-refractivity contribution is 6.20. The second-order valence-electron chi connectivity index (χ2n) is 5.73. The molecule has 1 aliphatic heterocycles. The zero-order valence-corrected chi connectivity index (χ0v) is 12.2. The van der Waals surface area contributed by atoms with E-state index in [1.165, 1.54) is 0 Å². The Morgan fingerprint density at radius 1 is 0.870 bits per heavy atom. The van der Waals surface area contributed by atoms with Crippen LogP contribution in [0.15, 0.2) is 48.5 Å². The first-order chi connectivity index (χ1) is 11.1. The fraction of sp³-hybridized carbons (Fsp3) is 0.167. The van der Waals surface area contributed by atoms with Gasteiger partial charge in [0, 0.05) is 0 Å². The summed E-state index contributed by atoms with van der Waals surface area (Å²) in [5.74, 6) is -2.09. The molecule has 0 saturated carbocycles. The van der Waals surface area contributed by atoms with Crippen molar-refractivity contribution in [1.82, 2.24) is 5.06 Å². The van der Waals surface area contributed by atoms with Crippen LogP contribution in [0.25, 0.3) is 0 Å². The van der Waals surface area contributed by atoms with E-state index in [-0.39, 0.29) is 17.0 Å². The minimum Gasteiger partial charge on any atom is -0.329 e. The van der Waals surface area contributed by atoms with Gasteiger partial charge in [-0.3, -0.25) is 9.59 Å². The van der Waals surface area contributed by atoms with Crippen LogP contribution in [0.5, 0.6) is 0 Å². The molecule has 0 atom stereocenters. The molecule has 2 aromatic carbocycles. The van der Waals surface area contributed by atoms with E-state index in [1.807, 2.05) is 24.3 Å². The average Bonchev–Trinajstić information content (AvgIpc) is 3.11. The molecular formula is C18H13NO4. The van der Waals surface area contributed by atoms with Crippen molar-refractivity contribution in [3.05, 3.63) is 70.8 Å². The molecule has 0 saturated heterocycles. The Morgan fingerprint density at radius 3 is 1.87 bits per heavy atom. The summed E-state index contributed by atoms with van der Waals surface area (Å²) in [6.45, 7) is 0. The van der Waals surface area contributed by atoms with E-state index >= 15 is 0 Å². The number of carbonyl (C=O) groups is 3. The maximum atomic E-state index is 12.3. The van der Waals surface area contributed by atoms with Crippen LogP contribution in [0.2, 0.25) is 0 Å². The molecule has 5 nitrogen and oxygen atoms in total. The van der Waals surface area contributed by atoms with Gasteiger partial charge < -0.3 is 4.84 Å². The maximum absolute atomic E-state index is 12.3. The Labute approximate surface area is 132 Å². The van der Waals surface area contributed by atoms with Crippen LogP contribution in [-0.2, 0) is 22.5 Å². The molecule has 0 spiro atoms. The van der Waals surface area contributed by atoms with Crippen LogP contribution in [0, 0.1) is 5.92 Å². The third kappa shape index (κ3) is 2.12. The number of fused-ring (bicyclic) bond motifs is 2. The summed E-state index contributed by atoms with van der Waals surface area (Å²) in [5.41, 5.74) is 2.74. The lowest BCUT2D eigenvalue weighted by Crippen LogP contribution is -2.35. The fourth-order valence-electron chi connectivity index (χ4n) is 3.14. The van der Waals surface area contributed by atoms with E-state index in [0.717, 1.165) is 11.1 Å². The summed E-state index contributed by atoms with van der Waals surface area (Å²) >= 11 is 0. The van der Waals surface area contributed by atoms with Gasteiger partial charge in [-0.25, -0.2) is 4.79 Å². The quantitative estimate of drug-likeness (QED) is 0.798. The van der Waals surface area contributed by atoms with Gasteiger partial charge in [-0.15, -0.1) is 0 Å². The second kappa shape index (κ2) is 5.05. The second-order valence-corrected chi connectivity index (χ2v) is 5.73. The largest absolute Gasteiger partial charge is 0.336 e. The first kappa shape index (κ1) is 13.7. The van der Waals surface area contributed by atoms with Crippen LogP contribution in [-0.4, -0.2) is 22.8 Å². The van der Waals surface area contributed by atoms with Crippen LogP contribution in [0.4, 0.5) is 0 Å². The molecule has 2 aliphatic rings. The topological polar surface area (TPSA) is 63.7 Å². The summed E-state index contributed by atoms with van der Waals surface area (Å²) in [7, 11) is 0. The van der Waals surface area contributed by atoms with E-state index in [2.05, 4.69) is 0 Å². The number of benzene rings is 2. The maximum Gasteiger partial charge on any atom is 0.336 e. The molecule has 1 heterocycles.